The molecule has 0 unspecified atom stereocenters. The SMILES string of the molecule is CN1CCC(N(C)c2cccc(F)c2)CC1. The third-order valence-electron chi connectivity index (χ3n) is 3.45. The molecule has 0 spiro atoms. The van der Waals surface area contributed by atoms with Crippen LogP contribution in [0.4, 0.5) is 10.1 Å². The number of benzene rings is 1. The zero-order chi connectivity index (χ0) is 11.5. The Morgan fingerprint density at radius 3 is 2.62 bits per heavy atom. The summed E-state index contributed by atoms with van der Waals surface area (Å²) in [6, 6.07) is 7.39. The third-order valence-corrected chi connectivity index (χ3v) is 3.45. The van der Waals surface area contributed by atoms with Gasteiger partial charge in [-0.05, 0) is 51.2 Å². The van der Waals surface area contributed by atoms with Gasteiger partial charge in [0.2, 0.25) is 0 Å². The second-order valence-electron chi connectivity index (χ2n) is 4.63. The van der Waals surface area contributed by atoms with E-state index < -0.39 is 0 Å². The van der Waals surface area contributed by atoms with Crippen LogP contribution in [0.25, 0.3) is 0 Å². The van der Waals surface area contributed by atoms with Gasteiger partial charge in [0.25, 0.3) is 0 Å². The molecule has 1 fully saturated rings. The Bertz CT molecular complexity index is 346. The highest BCUT2D eigenvalue weighted by Crippen LogP contribution is 2.22. The lowest BCUT2D eigenvalue weighted by Crippen LogP contribution is -2.42. The first-order chi connectivity index (χ1) is 7.66. The smallest absolute Gasteiger partial charge is 0.125 e. The lowest BCUT2D eigenvalue weighted by Gasteiger charge is -2.36. The average Bonchev–Trinajstić information content (AvgIpc) is 2.29. The molecule has 88 valence electrons. The van der Waals surface area contributed by atoms with E-state index in [9.17, 15) is 4.39 Å². The van der Waals surface area contributed by atoms with Crippen LogP contribution in [0, 0.1) is 5.82 Å². The molecular formula is C13H19FN2. The predicted molar refractivity (Wildman–Crippen MR) is 65.3 cm³/mol. The fourth-order valence-electron chi connectivity index (χ4n) is 2.29. The van der Waals surface area contributed by atoms with Crippen molar-refractivity contribution in [1.82, 2.24) is 4.90 Å². The second-order valence-corrected chi connectivity index (χ2v) is 4.63. The lowest BCUT2D eigenvalue weighted by molar-refractivity contribution is 0.253. The summed E-state index contributed by atoms with van der Waals surface area (Å²) in [5.74, 6) is -0.155. The Hall–Kier alpha value is -1.09. The van der Waals surface area contributed by atoms with Gasteiger partial charge in [0.1, 0.15) is 5.82 Å². The predicted octanol–water partition coefficient (Wildman–Crippen LogP) is 2.36. The zero-order valence-electron chi connectivity index (χ0n) is 9.99. The number of hydrogen-bond acceptors (Lipinski definition) is 2. The summed E-state index contributed by atoms with van der Waals surface area (Å²) < 4.78 is 13.1. The molecule has 0 atom stereocenters. The van der Waals surface area contributed by atoms with E-state index in [1.54, 1.807) is 12.1 Å². The van der Waals surface area contributed by atoms with Crippen LogP contribution in [0.2, 0.25) is 0 Å². The Morgan fingerprint density at radius 1 is 1.31 bits per heavy atom. The maximum absolute atomic E-state index is 13.1. The van der Waals surface area contributed by atoms with Crippen molar-refractivity contribution < 1.29 is 4.39 Å². The highest BCUT2D eigenvalue weighted by atomic mass is 19.1. The van der Waals surface area contributed by atoms with Crippen molar-refractivity contribution >= 4 is 5.69 Å². The molecule has 0 bridgehead atoms. The number of nitrogens with zero attached hydrogens (tertiary/aromatic N) is 2. The van der Waals surface area contributed by atoms with E-state index >= 15 is 0 Å². The van der Waals surface area contributed by atoms with E-state index in [2.05, 4.69) is 23.9 Å². The van der Waals surface area contributed by atoms with Gasteiger partial charge in [-0.3, -0.25) is 0 Å². The molecule has 3 heteroatoms. The number of anilines is 1. The molecule has 1 saturated heterocycles. The van der Waals surface area contributed by atoms with Gasteiger partial charge < -0.3 is 9.80 Å². The minimum absolute atomic E-state index is 0.155. The lowest BCUT2D eigenvalue weighted by atomic mass is 10.0. The molecule has 1 aliphatic heterocycles. The van der Waals surface area contributed by atoms with Gasteiger partial charge in [0, 0.05) is 18.8 Å². The fourth-order valence-corrected chi connectivity index (χ4v) is 2.29. The summed E-state index contributed by atoms with van der Waals surface area (Å²) in [6.45, 7) is 2.26. The first kappa shape index (κ1) is 11.4. The minimum atomic E-state index is -0.155. The molecule has 1 heterocycles. The molecule has 16 heavy (non-hydrogen) atoms. The van der Waals surface area contributed by atoms with Crippen LogP contribution in [-0.2, 0) is 0 Å². The summed E-state index contributed by atoms with van der Waals surface area (Å²) in [4.78, 5) is 4.55. The summed E-state index contributed by atoms with van der Waals surface area (Å²) >= 11 is 0. The molecule has 0 aliphatic carbocycles. The van der Waals surface area contributed by atoms with E-state index in [0.717, 1.165) is 31.6 Å². The van der Waals surface area contributed by atoms with Crippen LogP contribution < -0.4 is 4.90 Å². The largest absolute Gasteiger partial charge is 0.371 e. The van der Waals surface area contributed by atoms with Gasteiger partial charge >= 0.3 is 0 Å². The number of halogens is 1. The number of likely N-dealkylation sites (tertiary alicyclic amines) is 1. The number of rotatable bonds is 2. The van der Waals surface area contributed by atoms with E-state index in [4.69, 9.17) is 0 Å². The first-order valence-corrected chi connectivity index (χ1v) is 5.84. The molecule has 0 amide bonds. The van der Waals surface area contributed by atoms with Crippen LogP contribution in [0.3, 0.4) is 0 Å². The Kier molecular flexibility index (Phi) is 3.44. The van der Waals surface area contributed by atoms with Crippen LogP contribution in [0.1, 0.15) is 12.8 Å². The minimum Gasteiger partial charge on any atom is -0.371 e. The van der Waals surface area contributed by atoms with Gasteiger partial charge in [-0.25, -0.2) is 4.39 Å². The molecule has 0 saturated carbocycles. The fraction of sp³-hybridized carbons (Fsp3) is 0.538. The molecule has 2 nitrogen and oxygen atoms in total. The van der Waals surface area contributed by atoms with Crippen molar-refractivity contribution in [3.05, 3.63) is 30.1 Å². The highest BCUT2D eigenvalue weighted by molar-refractivity contribution is 5.46. The van der Waals surface area contributed by atoms with Gasteiger partial charge in [-0.2, -0.15) is 0 Å². The monoisotopic (exact) mass is 222 g/mol. The van der Waals surface area contributed by atoms with Crippen molar-refractivity contribution in [3.63, 3.8) is 0 Å². The second kappa shape index (κ2) is 4.83. The van der Waals surface area contributed by atoms with Crippen LogP contribution in [-0.4, -0.2) is 38.1 Å². The summed E-state index contributed by atoms with van der Waals surface area (Å²) in [7, 11) is 4.21. The molecule has 0 N–H and O–H groups in total. The first-order valence-electron chi connectivity index (χ1n) is 5.84. The van der Waals surface area contributed by atoms with E-state index in [1.807, 2.05) is 6.07 Å². The Morgan fingerprint density at radius 2 is 2.00 bits per heavy atom. The molecule has 2 rings (SSSR count). The Balaban J connectivity index is 2.04. The quantitative estimate of drug-likeness (QED) is 0.758. The molecule has 1 aliphatic rings. The summed E-state index contributed by atoms with van der Waals surface area (Å²) in [6.07, 6.45) is 2.31. The topological polar surface area (TPSA) is 6.48 Å². The number of piperidine rings is 1. The van der Waals surface area contributed by atoms with Crippen molar-refractivity contribution in [3.8, 4) is 0 Å². The van der Waals surface area contributed by atoms with Crippen molar-refractivity contribution in [2.45, 2.75) is 18.9 Å². The van der Waals surface area contributed by atoms with Crippen LogP contribution in [0.15, 0.2) is 24.3 Å². The van der Waals surface area contributed by atoms with Gasteiger partial charge in [0.05, 0.1) is 0 Å². The highest BCUT2D eigenvalue weighted by Gasteiger charge is 2.20. The molecule has 0 radical (unpaired) electrons. The van der Waals surface area contributed by atoms with E-state index in [-0.39, 0.29) is 5.82 Å². The summed E-state index contributed by atoms with van der Waals surface area (Å²) in [5, 5.41) is 0. The molecular weight excluding hydrogens is 203 g/mol. The van der Waals surface area contributed by atoms with Crippen molar-refractivity contribution in [1.29, 1.82) is 0 Å². The zero-order valence-corrected chi connectivity index (χ0v) is 9.99. The molecule has 1 aromatic carbocycles. The van der Waals surface area contributed by atoms with Crippen LogP contribution >= 0.6 is 0 Å². The van der Waals surface area contributed by atoms with Crippen LogP contribution in [0.5, 0.6) is 0 Å². The maximum atomic E-state index is 13.1. The average molecular weight is 222 g/mol. The third kappa shape index (κ3) is 2.53. The van der Waals surface area contributed by atoms with Gasteiger partial charge in [0.15, 0.2) is 0 Å². The normalized spacial score (nSPS) is 18.7. The molecule has 0 aromatic heterocycles. The standard InChI is InChI=1S/C13H19FN2/c1-15-8-6-12(7-9-15)16(2)13-5-3-4-11(14)10-13/h3-5,10,12H,6-9H2,1-2H3. The maximum Gasteiger partial charge on any atom is 0.125 e. The van der Waals surface area contributed by atoms with Gasteiger partial charge in [-0.1, -0.05) is 6.07 Å². The molecule has 1 aromatic rings. The van der Waals surface area contributed by atoms with Crippen molar-refractivity contribution in [2.75, 3.05) is 32.1 Å². The summed E-state index contributed by atoms with van der Waals surface area (Å²) in [5.41, 5.74) is 0.981. The van der Waals surface area contributed by atoms with Crippen molar-refractivity contribution in [2.24, 2.45) is 0 Å². The van der Waals surface area contributed by atoms with Gasteiger partial charge in [-0.15, -0.1) is 0 Å². The van der Waals surface area contributed by atoms with E-state index in [0.29, 0.717) is 6.04 Å². The van der Waals surface area contributed by atoms with E-state index in [1.165, 1.54) is 6.07 Å². The number of hydrogen-bond donors (Lipinski definition) is 0. The Labute approximate surface area is 96.7 Å².